The van der Waals surface area contributed by atoms with Crippen LogP contribution in [0, 0.1) is 29.1 Å². The van der Waals surface area contributed by atoms with Crippen LogP contribution in [-0.2, 0) is 0 Å². The van der Waals surface area contributed by atoms with Crippen LogP contribution in [0.25, 0.3) is 0 Å². The van der Waals surface area contributed by atoms with Crippen molar-refractivity contribution in [1.82, 2.24) is 0 Å². The molecule has 0 heterocycles. The van der Waals surface area contributed by atoms with Crippen LogP contribution in [0.4, 0.5) is 0 Å². The molecule has 1 unspecified atom stereocenters. The van der Waals surface area contributed by atoms with Gasteiger partial charge in [0.1, 0.15) is 0 Å². The Hall–Kier alpha value is -0.0400. The largest absolute Gasteiger partial charge is 0.330 e. The lowest BCUT2D eigenvalue weighted by Crippen LogP contribution is -2.46. The molecule has 104 valence electrons. The molecule has 1 heteroatoms. The van der Waals surface area contributed by atoms with Gasteiger partial charge in [0.25, 0.3) is 0 Å². The molecule has 0 aromatic rings. The van der Waals surface area contributed by atoms with Gasteiger partial charge in [0.2, 0.25) is 0 Å². The summed E-state index contributed by atoms with van der Waals surface area (Å²) in [6.07, 6.45) is 15.1. The van der Waals surface area contributed by atoms with E-state index in [1.54, 1.807) is 38.5 Å². The minimum absolute atomic E-state index is 0.788. The molecule has 4 aliphatic carbocycles. The standard InChI is InChI=1S/C17H31N/c1-2-13(4-6-18)3-5-17-10-14-7-15(11-17)9-16(8-14)12-17/h13-16H,2-12,18H2,1H3. The molecule has 0 aromatic heterocycles. The third kappa shape index (κ3) is 2.48. The van der Waals surface area contributed by atoms with Crippen LogP contribution in [0.1, 0.15) is 71.1 Å². The highest BCUT2D eigenvalue weighted by Crippen LogP contribution is 2.61. The van der Waals surface area contributed by atoms with Crippen LogP contribution in [0.3, 0.4) is 0 Å². The Balaban J connectivity index is 1.58. The van der Waals surface area contributed by atoms with E-state index in [1.807, 2.05) is 0 Å². The van der Waals surface area contributed by atoms with Crippen LogP contribution in [0.2, 0.25) is 0 Å². The second-order valence-electron chi connectivity index (χ2n) is 7.81. The smallest absolute Gasteiger partial charge is 0.00746 e. The Morgan fingerprint density at radius 1 is 1.00 bits per heavy atom. The third-order valence-corrected chi connectivity index (χ3v) is 6.40. The molecule has 0 saturated heterocycles. The number of hydrogen-bond acceptors (Lipinski definition) is 1. The van der Waals surface area contributed by atoms with Crippen molar-refractivity contribution in [1.29, 1.82) is 0 Å². The van der Waals surface area contributed by atoms with Crippen LogP contribution in [0.5, 0.6) is 0 Å². The van der Waals surface area contributed by atoms with Crippen molar-refractivity contribution in [2.24, 2.45) is 34.8 Å². The maximum absolute atomic E-state index is 5.74. The predicted octanol–water partition coefficient (Wildman–Crippen LogP) is 4.36. The summed E-state index contributed by atoms with van der Waals surface area (Å²) in [7, 11) is 0. The van der Waals surface area contributed by atoms with Crippen molar-refractivity contribution in [3.63, 3.8) is 0 Å². The highest BCUT2D eigenvalue weighted by Gasteiger charge is 2.50. The van der Waals surface area contributed by atoms with E-state index in [9.17, 15) is 0 Å². The number of nitrogens with two attached hydrogens (primary N) is 1. The summed E-state index contributed by atoms with van der Waals surface area (Å²) in [6, 6.07) is 0. The highest BCUT2D eigenvalue weighted by atomic mass is 14.6. The number of hydrogen-bond donors (Lipinski definition) is 1. The molecule has 4 saturated carbocycles. The molecule has 4 fully saturated rings. The van der Waals surface area contributed by atoms with Gasteiger partial charge < -0.3 is 5.73 Å². The Kier molecular flexibility index (Phi) is 3.71. The molecule has 4 bridgehead atoms. The van der Waals surface area contributed by atoms with Crippen molar-refractivity contribution in [2.45, 2.75) is 71.1 Å². The van der Waals surface area contributed by atoms with E-state index in [1.165, 1.54) is 25.7 Å². The molecule has 4 aliphatic rings. The summed E-state index contributed by atoms with van der Waals surface area (Å²) in [5.41, 5.74) is 6.53. The van der Waals surface area contributed by atoms with Gasteiger partial charge in [-0.15, -0.1) is 0 Å². The number of rotatable bonds is 6. The summed E-state index contributed by atoms with van der Waals surface area (Å²) in [4.78, 5) is 0. The summed E-state index contributed by atoms with van der Waals surface area (Å²) in [5, 5.41) is 0. The molecule has 1 atom stereocenters. The fourth-order valence-corrected chi connectivity index (χ4v) is 5.89. The van der Waals surface area contributed by atoms with Gasteiger partial charge in [0.15, 0.2) is 0 Å². The van der Waals surface area contributed by atoms with Gasteiger partial charge in [0.05, 0.1) is 0 Å². The monoisotopic (exact) mass is 249 g/mol. The normalized spacial score (nSPS) is 43.3. The van der Waals surface area contributed by atoms with Crippen molar-refractivity contribution < 1.29 is 0 Å². The SMILES string of the molecule is CCC(CCN)CCC12CC3CC(CC(C3)C1)C2. The van der Waals surface area contributed by atoms with Crippen LogP contribution >= 0.6 is 0 Å². The van der Waals surface area contributed by atoms with E-state index in [0.29, 0.717) is 0 Å². The van der Waals surface area contributed by atoms with Crippen molar-refractivity contribution in [3.8, 4) is 0 Å². The van der Waals surface area contributed by atoms with Gasteiger partial charge in [-0.1, -0.05) is 13.3 Å². The molecular formula is C17H31N. The van der Waals surface area contributed by atoms with E-state index in [2.05, 4.69) is 6.92 Å². The topological polar surface area (TPSA) is 26.0 Å². The lowest BCUT2D eigenvalue weighted by Gasteiger charge is -2.57. The Labute approximate surface area is 113 Å². The van der Waals surface area contributed by atoms with Gasteiger partial charge >= 0.3 is 0 Å². The molecule has 0 radical (unpaired) electrons. The first-order chi connectivity index (χ1) is 8.73. The van der Waals surface area contributed by atoms with Gasteiger partial charge in [0, 0.05) is 0 Å². The second-order valence-corrected chi connectivity index (χ2v) is 7.81. The summed E-state index contributed by atoms with van der Waals surface area (Å²) >= 11 is 0. The molecule has 4 rings (SSSR count). The lowest BCUT2D eigenvalue weighted by atomic mass is 9.48. The Bertz CT molecular complexity index is 248. The molecule has 0 aliphatic heterocycles. The zero-order valence-electron chi connectivity index (χ0n) is 12.2. The van der Waals surface area contributed by atoms with Crippen molar-refractivity contribution in [2.75, 3.05) is 6.54 Å². The van der Waals surface area contributed by atoms with Crippen LogP contribution in [-0.4, -0.2) is 6.54 Å². The third-order valence-electron chi connectivity index (χ3n) is 6.40. The van der Waals surface area contributed by atoms with E-state index < -0.39 is 0 Å². The lowest BCUT2D eigenvalue weighted by molar-refractivity contribution is -0.0601. The molecule has 0 aromatic carbocycles. The zero-order chi connectivity index (χ0) is 12.6. The van der Waals surface area contributed by atoms with Crippen LogP contribution < -0.4 is 5.73 Å². The van der Waals surface area contributed by atoms with Gasteiger partial charge in [-0.3, -0.25) is 0 Å². The summed E-state index contributed by atoms with van der Waals surface area (Å²) < 4.78 is 0. The predicted molar refractivity (Wildman–Crippen MR) is 77.3 cm³/mol. The fraction of sp³-hybridized carbons (Fsp3) is 1.00. The highest BCUT2D eigenvalue weighted by molar-refractivity contribution is 5.01. The molecule has 0 spiro atoms. The van der Waals surface area contributed by atoms with Crippen LogP contribution in [0.15, 0.2) is 0 Å². The average molecular weight is 249 g/mol. The summed E-state index contributed by atoms with van der Waals surface area (Å²) in [6.45, 7) is 3.24. The Morgan fingerprint density at radius 3 is 2.00 bits per heavy atom. The first-order valence-electron chi connectivity index (χ1n) is 8.43. The van der Waals surface area contributed by atoms with Gasteiger partial charge in [-0.25, -0.2) is 0 Å². The quantitative estimate of drug-likeness (QED) is 0.743. The van der Waals surface area contributed by atoms with E-state index in [-0.39, 0.29) is 0 Å². The maximum atomic E-state index is 5.74. The van der Waals surface area contributed by atoms with E-state index in [0.717, 1.165) is 35.6 Å². The van der Waals surface area contributed by atoms with Gasteiger partial charge in [-0.05, 0) is 93.4 Å². The Morgan fingerprint density at radius 2 is 1.56 bits per heavy atom. The minimum Gasteiger partial charge on any atom is -0.330 e. The average Bonchev–Trinajstić information content (AvgIpc) is 2.33. The fourth-order valence-electron chi connectivity index (χ4n) is 5.89. The maximum Gasteiger partial charge on any atom is -0.00746 e. The van der Waals surface area contributed by atoms with Crippen molar-refractivity contribution >= 4 is 0 Å². The first-order valence-corrected chi connectivity index (χ1v) is 8.43. The van der Waals surface area contributed by atoms with Crippen molar-refractivity contribution in [3.05, 3.63) is 0 Å². The molecule has 1 nitrogen and oxygen atoms in total. The van der Waals surface area contributed by atoms with Gasteiger partial charge in [-0.2, -0.15) is 0 Å². The second kappa shape index (κ2) is 5.15. The summed E-state index contributed by atoms with van der Waals surface area (Å²) in [5.74, 6) is 4.26. The molecular weight excluding hydrogens is 218 g/mol. The molecule has 0 amide bonds. The minimum atomic E-state index is 0.788. The van der Waals surface area contributed by atoms with E-state index >= 15 is 0 Å². The zero-order valence-corrected chi connectivity index (χ0v) is 12.2. The molecule has 18 heavy (non-hydrogen) atoms. The molecule has 2 N–H and O–H groups in total. The van der Waals surface area contributed by atoms with E-state index in [4.69, 9.17) is 5.73 Å². The first kappa shape index (κ1) is 13.0.